The van der Waals surface area contributed by atoms with Gasteiger partial charge in [0, 0.05) is 34.5 Å². The van der Waals surface area contributed by atoms with Crippen LogP contribution in [0, 0.1) is 0 Å². The number of esters is 1. The number of benzene rings is 4. The molecular weight excluding hydrogens is 516 g/mol. The molecule has 0 aliphatic carbocycles. The van der Waals surface area contributed by atoms with Crippen LogP contribution in [0.2, 0.25) is 0 Å². The van der Waals surface area contributed by atoms with Crippen molar-refractivity contribution in [3.8, 4) is 22.3 Å². The average Bonchev–Trinajstić information content (AvgIpc) is 3.39. The van der Waals surface area contributed by atoms with Crippen molar-refractivity contribution in [2.24, 2.45) is 0 Å². The third-order valence-corrected chi connectivity index (χ3v) is 7.04. The first kappa shape index (κ1) is 25.8. The van der Waals surface area contributed by atoms with Crippen LogP contribution in [0.1, 0.15) is 18.1 Å². The molecule has 0 aliphatic heterocycles. The highest BCUT2D eigenvalue weighted by molar-refractivity contribution is 6.37. The van der Waals surface area contributed by atoms with Gasteiger partial charge in [0.05, 0.1) is 6.61 Å². The minimum atomic E-state index is -1.05. The Morgan fingerprint density at radius 2 is 1.49 bits per heavy atom. The fraction of sp³-hybridized carbons (Fsp3) is 0.0882. The molecule has 0 aliphatic rings. The van der Waals surface area contributed by atoms with Crippen LogP contribution in [-0.2, 0) is 20.7 Å². The molecule has 7 heteroatoms. The summed E-state index contributed by atoms with van der Waals surface area (Å²) in [6.45, 7) is 1.66. The minimum absolute atomic E-state index is 0.0144. The van der Waals surface area contributed by atoms with Gasteiger partial charge in [0.2, 0.25) is 0 Å². The zero-order valence-corrected chi connectivity index (χ0v) is 22.3. The van der Waals surface area contributed by atoms with E-state index in [4.69, 9.17) is 9.15 Å². The minimum Gasteiger partial charge on any atom is -0.459 e. The SMILES string of the molecule is CCOC(=O)C(=O)Nc1c(Cc2ccccc2)c(-c2ccc(-c3cccc4c3oc3ccccc34)cc2)c[nH]c1=O. The predicted molar refractivity (Wildman–Crippen MR) is 160 cm³/mol. The van der Waals surface area contributed by atoms with Gasteiger partial charge in [-0.1, -0.05) is 91.0 Å². The molecule has 41 heavy (non-hydrogen) atoms. The highest BCUT2D eigenvalue weighted by Crippen LogP contribution is 2.37. The Morgan fingerprint density at radius 1 is 0.805 bits per heavy atom. The maximum absolute atomic E-state index is 12.9. The lowest BCUT2D eigenvalue weighted by Gasteiger charge is -2.16. The number of para-hydroxylation sites is 2. The van der Waals surface area contributed by atoms with Gasteiger partial charge in [-0.3, -0.25) is 9.59 Å². The van der Waals surface area contributed by atoms with Gasteiger partial charge in [0.25, 0.3) is 5.56 Å². The van der Waals surface area contributed by atoms with Crippen molar-refractivity contribution in [1.82, 2.24) is 4.98 Å². The summed E-state index contributed by atoms with van der Waals surface area (Å²) in [7, 11) is 0. The molecule has 1 amide bonds. The summed E-state index contributed by atoms with van der Waals surface area (Å²) >= 11 is 0. The van der Waals surface area contributed by atoms with Gasteiger partial charge >= 0.3 is 11.9 Å². The van der Waals surface area contributed by atoms with E-state index in [0.717, 1.165) is 49.8 Å². The van der Waals surface area contributed by atoms with E-state index in [1.54, 1.807) is 13.1 Å². The number of carbonyl (C=O) groups is 2. The van der Waals surface area contributed by atoms with Crippen molar-refractivity contribution in [3.63, 3.8) is 0 Å². The van der Waals surface area contributed by atoms with E-state index < -0.39 is 17.4 Å². The molecule has 6 rings (SSSR count). The zero-order chi connectivity index (χ0) is 28.3. The summed E-state index contributed by atoms with van der Waals surface area (Å²) in [6, 6.07) is 31.6. The van der Waals surface area contributed by atoms with Crippen molar-refractivity contribution in [2.45, 2.75) is 13.3 Å². The van der Waals surface area contributed by atoms with Crippen LogP contribution in [0.15, 0.2) is 112 Å². The number of fused-ring (bicyclic) bond motifs is 3. The van der Waals surface area contributed by atoms with E-state index in [-0.39, 0.29) is 12.3 Å². The van der Waals surface area contributed by atoms with Crippen molar-refractivity contribution in [2.75, 3.05) is 11.9 Å². The van der Waals surface area contributed by atoms with Gasteiger partial charge in [-0.2, -0.15) is 0 Å². The Hall–Kier alpha value is -5.43. The van der Waals surface area contributed by atoms with Crippen LogP contribution in [0.3, 0.4) is 0 Å². The van der Waals surface area contributed by atoms with Gasteiger partial charge in [-0.05, 0) is 35.2 Å². The van der Waals surface area contributed by atoms with E-state index in [9.17, 15) is 14.4 Å². The molecule has 0 unspecified atom stereocenters. The molecule has 6 aromatic rings. The number of anilines is 1. The summed E-state index contributed by atoms with van der Waals surface area (Å²) in [5, 5.41) is 4.61. The average molecular weight is 543 g/mol. The molecule has 2 N–H and O–H groups in total. The number of ether oxygens (including phenoxy) is 1. The standard InChI is InChI=1S/C34H26N2O5/c1-2-40-34(39)33(38)36-30-27(19-21-9-4-3-5-10-21)28(20-35-32(30)37)23-17-15-22(16-18-23)24-12-8-13-26-25-11-6-7-14-29(25)41-31(24)26/h3-18,20H,2,19H2,1H3,(H,35,37)(H,36,38). The van der Waals surface area contributed by atoms with Crippen LogP contribution < -0.4 is 10.9 Å². The smallest absolute Gasteiger partial charge is 0.397 e. The van der Waals surface area contributed by atoms with Gasteiger partial charge in [-0.15, -0.1) is 0 Å². The van der Waals surface area contributed by atoms with E-state index in [1.807, 2.05) is 84.9 Å². The Labute approximate surface area is 235 Å². The highest BCUT2D eigenvalue weighted by atomic mass is 16.5. The van der Waals surface area contributed by atoms with E-state index in [0.29, 0.717) is 12.0 Å². The quantitative estimate of drug-likeness (QED) is 0.180. The molecule has 0 atom stereocenters. The molecular formula is C34H26N2O5. The normalized spacial score (nSPS) is 11.0. The second-order valence-electron chi connectivity index (χ2n) is 9.58. The van der Waals surface area contributed by atoms with Crippen LogP contribution in [0.5, 0.6) is 0 Å². The fourth-order valence-electron chi connectivity index (χ4n) is 5.11. The first-order chi connectivity index (χ1) is 20.0. The molecule has 2 aromatic heterocycles. The molecule has 4 aromatic carbocycles. The Morgan fingerprint density at radius 3 is 2.24 bits per heavy atom. The van der Waals surface area contributed by atoms with Gasteiger partial charge in [0.1, 0.15) is 16.9 Å². The summed E-state index contributed by atoms with van der Waals surface area (Å²) in [6.07, 6.45) is 1.99. The van der Waals surface area contributed by atoms with Gasteiger partial charge < -0.3 is 19.5 Å². The van der Waals surface area contributed by atoms with Crippen LogP contribution in [0.25, 0.3) is 44.2 Å². The van der Waals surface area contributed by atoms with Crippen molar-refractivity contribution >= 4 is 39.5 Å². The highest BCUT2D eigenvalue weighted by Gasteiger charge is 2.22. The topological polar surface area (TPSA) is 101 Å². The van der Waals surface area contributed by atoms with Crippen LogP contribution in [0.4, 0.5) is 5.69 Å². The number of nitrogens with one attached hydrogen (secondary N) is 2. The lowest BCUT2D eigenvalue weighted by atomic mass is 9.93. The molecule has 0 saturated carbocycles. The molecule has 2 heterocycles. The predicted octanol–water partition coefficient (Wildman–Crippen LogP) is 6.70. The monoisotopic (exact) mass is 542 g/mol. The van der Waals surface area contributed by atoms with Crippen molar-refractivity contribution in [1.29, 1.82) is 0 Å². The third kappa shape index (κ3) is 5.01. The van der Waals surface area contributed by atoms with Crippen LogP contribution >= 0.6 is 0 Å². The number of furan rings is 1. The number of carbonyl (C=O) groups excluding carboxylic acids is 2. The summed E-state index contributed by atoms with van der Waals surface area (Å²) in [4.78, 5) is 40.2. The van der Waals surface area contributed by atoms with Crippen molar-refractivity contribution < 1.29 is 18.7 Å². The number of hydrogen-bond acceptors (Lipinski definition) is 5. The molecule has 0 fully saturated rings. The summed E-state index contributed by atoms with van der Waals surface area (Å²) in [5.41, 5.74) is 6.19. The first-order valence-corrected chi connectivity index (χ1v) is 13.3. The largest absolute Gasteiger partial charge is 0.459 e. The number of aromatic nitrogens is 1. The first-order valence-electron chi connectivity index (χ1n) is 13.3. The van der Waals surface area contributed by atoms with Gasteiger partial charge in [0.15, 0.2) is 0 Å². The molecule has 0 spiro atoms. The summed E-state index contributed by atoms with van der Waals surface area (Å²) < 4.78 is 11.0. The maximum Gasteiger partial charge on any atom is 0.397 e. The number of hydrogen-bond donors (Lipinski definition) is 2. The molecule has 7 nitrogen and oxygen atoms in total. The lowest BCUT2D eigenvalue weighted by Crippen LogP contribution is -2.29. The van der Waals surface area contributed by atoms with E-state index in [1.165, 1.54) is 0 Å². The zero-order valence-electron chi connectivity index (χ0n) is 22.3. The molecule has 202 valence electrons. The lowest BCUT2D eigenvalue weighted by molar-refractivity contribution is -0.152. The van der Waals surface area contributed by atoms with E-state index >= 15 is 0 Å². The second-order valence-corrected chi connectivity index (χ2v) is 9.58. The Bertz CT molecular complexity index is 1950. The fourth-order valence-corrected chi connectivity index (χ4v) is 5.11. The third-order valence-electron chi connectivity index (χ3n) is 7.04. The van der Waals surface area contributed by atoms with Gasteiger partial charge in [-0.25, -0.2) is 4.79 Å². The number of H-pyrrole nitrogens is 1. The number of rotatable bonds is 6. The number of aromatic amines is 1. The van der Waals surface area contributed by atoms with Crippen molar-refractivity contribution in [3.05, 3.63) is 125 Å². The molecule has 0 bridgehead atoms. The summed E-state index contributed by atoms with van der Waals surface area (Å²) in [5.74, 6) is -2.05. The Kier molecular flexibility index (Phi) is 6.92. The molecule has 0 radical (unpaired) electrons. The Balaban J connectivity index is 1.43. The maximum atomic E-state index is 12.9. The second kappa shape index (κ2) is 11.0. The van der Waals surface area contributed by atoms with Crippen LogP contribution in [-0.4, -0.2) is 23.5 Å². The number of pyridine rings is 1. The van der Waals surface area contributed by atoms with E-state index in [2.05, 4.69) is 22.4 Å². The molecule has 0 saturated heterocycles. The number of amides is 1.